The Morgan fingerprint density at radius 2 is 1.70 bits per heavy atom. The molecule has 1 saturated heterocycles. The van der Waals surface area contributed by atoms with Crippen molar-refractivity contribution in [1.29, 1.82) is 0 Å². The van der Waals surface area contributed by atoms with Crippen molar-refractivity contribution in [3.05, 3.63) is 65.7 Å². The van der Waals surface area contributed by atoms with Crippen LogP contribution in [0.3, 0.4) is 0 Å². The molecule has 0 aliphatic carbocycles. The van der Waals surface area contributed by atoms with Gasteiger partial charge in [-0.15, -0.1) is 0 Å². The van der Waals surface area contributed by atoms with E-state index < -0.39 is 19.9 Å². The first-order valence-corrected chi connectivity index (χ1v) is 11.7. The number of benzene rings is 2. The van der Waals surface area contributed by atoms with Gasteiger partial charge in [-0.3, -0.25) is 4.79 Å². The molecule has 1 heterocycles. The highest BCUT2D eigenvalue weighted by Crippen LogP contribution is 2.13. The third kappa shape index (κ3) is 5.15. The summed E-state index contributed by atoms with van der Waals surface area (Å²) in [5.74, 6) is -0.273. The van der Waals surface area contributed by atoms with Gasteiger partial charge in [0.2, 0.25) is 10.0 Å². The fourth-order valence-corrected chi connectivity index (χ4v) is 5.53. The Morgan fingerprint density at radius 3 is 2.30 bits per heavy atom. The molecule has 0 radical (unpaired) electrons. The van der Waals surface area contributed by atoms with E-state index in [0.29, 0.717) is 17.5 Å². The van der Waals surface area contributed by atoms with E-state index in [1.807, 2.05) is 0 Å². The number of amides is 1. The van der Waals surface area contributed by atoms with Crippen molar-refractivity contribution in [2.24, 2.45) is 0 Å². The summed E-state index contributed by atoms with van der Waals surface area (Å²) in [6.07, 6.45) is 0.424. The maximum atomic E-state index is 12.2. The fourth-order valence-electron chi connectivity index (χ4n) is 2.81. The highest BCUT2D eigenvalue weighted by Gasteiger charge is 2.29. The molecule has 0 spiro atoms. The topological polar surface area (TPSA) is 109 Å². The zero-order chi connectivity index (χ0) is 19.5. The third-order valence-electron chi connectivity index (χ3n) is 4.30. The lowest BCUT2D eigenvalue weighted by Gasteiger charge is -2.11. The number of nitrogens with one attached hydrogen (secondary N) is 2. The molecule has 0 saturated carbocycles. The molecule has 9 heteroatoms. The number of sulfonamides is 1. The van der Waals surface area contributed by atoms with E-state index in [2.05, 4.69) is 10.0 Å². The fraction of sp³-hybridized carbons (Fsp3) is 0.278. The summed E-state index contributed by atoms with van der Waals surface area (Å²) in [6.45, 7) is 0.0972. The van der Waals surface area contributed by atoms with Gasteiger partial charge in [0.1, 0.15) is 0 Å². The van der Waals surface area contributed by atoms with Gasteiger partial charge in [-0.2, -0.15) is 0 Å². The summed E-state index contributed by atoms with van der Waals surface area (Å²) < 4.78 is 49.8. The molecule has 2 aromatic carbocycles. The molecule has 2 N–H and O–H groups in total. The molecule has 1 aliphatic heterocycles. The number of hydrogen-bond donors (Lipinski definition) is 2. The van der Waals surface area contributed by atoms with Gasteiger partial charge in [0.25, 0.3) is 5.91 Å². The predicted octanol–water partition coefficient (Wildman–Crippen LogP) is 1.08. The van der Waals surface area contributed by atoms with Crippen molar-refractivity contribution in [3.8, 4) is 0 Å². The lowest BCUT2D eigenvalue weighted by atomic mass is 10.1. The van der Waals surface area contributed by atoms with Crippen molar-refractivity contribution < 1.29 is 21.6 Å². The first-order chi connectivity index (χ1) is 12.8. The van der Waals surface area contributed by atoms with Crippen LogP contribution in [-0.4, -0.2) is 40.3 Å². The van der Waals surface area contributed by atoms with Crippen molar-refractivity contribution in [2.45, 2.75) is 23.9 Å². The van der Waals surface area contributed by atoms with Crippen molar-refractivity contribution >= 4 is 25.8 Å². The van der Waals surface area contributed by atoms with Crippen LogP contribution in [0.15, 0.2) is 59.5 Å². The number of carbonyl (C=O) groups is 1. The largest absolute Gasteiger partial charge is 0.348 e. The minimum Gasteiger partial charge on any atom is -0.348 e. The van der Waals surface area contributed by atoms with Gasteiger partial charge in [0.15, 0.2) is 9.84 Å². The Labute approximate surface area is 158 Å². The van der Waals surface area contributed by atoms with Crippen LogP contribution in [0.25, 0.3) is 0 Å². The number of hydrogen-bond acceptors (Lipinski definition) is 5. The zero-order valence-electron chi connectivity index (χ0n) is 14.5. The van der Waals surface area contributed by atoms with Crippen LogP contribution in [0.4, 0.5) is 0 Å². The molecule has 0 unspecified atom stereocenters. The van der Waals surface area contributed by atoms with Crippen LogP contribution >= 0.6 is 0 Å². The van der Waals surface area contributed by atoms with Gasteiger partial charge < -0.3 is 5.32 Å². The van der Waals surface area contributed by atoms with Gasteiger partial charge in [-0.1, -0.05) is 30.3 Å². The van der Waals surface area contributed by atoms with Gasteiger partial charge in [-0.05, 0) is 36.2 Å². The Morgan fingerprint density at radius 1 is 1.04 bits per heavy atom. The molecule has 0 bridgehead atoms. The van der Waals surface area contributed by atoms with Crippen LogP contribution in [0, 0.1) is 0 Å². The van der Waals surface area contributed by atoms with E-state index in [9.17, 15) is 21.6 Å². The molecule has 2 aromatic rings. The maximum absolute atomic E-state index is 12.2. The van der Waals surface area contributed by atoms with E-state index in [1.54, 1.807) is 42.5 Å². The Hall–Kier alpha value is -2.23. The lowest BCUT2D eigenvalue weighted by molar-refractivity contribution is 0.0941. The average Bonchev–Trinajstić information content (AvgIpc) is 2.99. The van der Waals surface area contributed by atoms with E-state index in [-0.39, 0.29) is 34.9 Å². The number of sulfone groups is 1. The molecule has 144 valence electrons. The molecule has 27 heavy (non-hydrogen) atoms. The minimum absolute atomic E-state index is 0.0297. The van der Waals surface area contributed by atoms with Crippen molar-refractivity contribution in [1.82, 2.24) is 10.0 Å². The van der Waals surface area contributed by atoms with E-state index >= 15 is 0 Å². The smallest absolute Gasteiger partial charge is 0.251 e. The monoisotopic (exact) mass is 408 g/mol. The molecule has 1 aliphatic rings. The summed E-state index contributed by atoms with van der Waals surface area (Å²) in [4.78, 5) is 12.4. The van der Waals surface area contributed by atoms with Crippen molar-refractivity contribution in [2.75, 3.05) is 11.5 Å². The molecule has 1 atom stereocenters. The second-order valence-electron chi connectivity index (χ2n) is 6.41. The molecule has 3 rings (SSSR count). The highest BCUT2D eigenvalue weighted by molar-refractivity contribution is 7.91. The summed E-state index contributed by atoms with van der Waals surface area (Å²) in [7, 11) is -6.65. The number of rotatable bonds is 6. The zero-order valence-corrected chi connectivity index (χ0v) is 16.1. The van der Waals surface area contributed by atoms with Crippen LogP contribution in [0.2, 0.25) is 0 Å². The Kier molecular flexibility index (Phi) is 5.64. The summed E-state index contributed by atoms with van der Waals surface area (Å²) >= 11 is 0. The minimum atomic E-state index is -3.60. The van der Waals surface area contributed by atoms with Gasteiger partial charge >= 0.3 is 0 Å². The summed E-state index contributed by atoms with van der Waals surface area (Å²) in [6, 6.07) is 14.2. The quantitative estimate of drug-likeness (QED) is 0.743. The van der Waals surface area contributed by atoms with E-state index in [1.165, 1.54) is 12.1 Å². The van der Waals surface area contributed by atoms with Gasteiger partial charge in [0.05, 0.1) is 16.4 Å². The van der Waals surface area contributed by atoms with Crippen LogP contribution in [0.1, 0.15) is 22.3 Å². The lowest BCUT2D eigenvalue weighted by Crippen LogP contribution is -2.35. The predicted molar refractivity (Wildman–Crippen MR) is 101 cm³/mol. The second-order valence-corrected chi connectivity index (χ2v) is 10.4. The standard InChI is InChI=1S/C18H20N2O5S2/c21-18(20-16-10-11-26(22,23)13-16)15-8-6-14(7-9-15)12-19-27(24,25)17-4-2-1-3-5-17/h1-9,16,19H,10-13H2,(H,20,21)/t16-/m1/s1. The molecular weight excluding hydrogens is 388 g/mol. The molecule has 1 fully saturated rings. The van der Waals surface area contributed by atoms with E-state index in [0.717, 1.165) is 0 Å². The Balaban J connectivity index is 1.58. The summed E-state index contributed by atoms with van der Waals surface area (Å²) in [5, 5.41) is 2.72. The molecule has 7 nitrogen and oxygen atoms in total. The van der Waals surface area contributed by atoms with Crippen LogP contribution in [-0.2, 0) is 26.4 Å². The van der Waals surface area contributed by atoms with Crippen LogP contribution in [0.5, 0.6) is 0 Å². The first kappa shape index (κ1) is 19.5. The maximum Gasteiger partial charge on any atom is 0.251 e. The van der Waals surface area contributed by atoms with E-state index in [4.69, 9.17) is 0 Å². The molecular formula is C18H20N2O5S2. The summed E-state index contributed by atoms with van der Waals surface area (Å²) in [5.41, 5.74) is 1.10. The number of carbonyl (C=O) groups excluding carboxylic acids is 1. The van der Waals surface area contributed by atoms with Crippen LogP contribution < -0.4 is 10.0 Å². The van der Waals surface area contributed by atoms with Gasteiger partial charge in [0, 0.05) is 18.2 Å². The SMILES string of the molecule is O=C(N[C@@H]1CCS(=O)(=O)C1)c1ccc(CNS(=O)(=O)c2ccccc2)cc1. The highest BCUT2D eigenvalue weighted by atomic mass is 32.2. The first-order valence-electron chi connectivity index (χ1n) is 8.40. The Bertz CT molecular complexity index is 1020. The normalized spacial score (nSPS) is 18.9. The third-order valence-corrected chi connectivity index (χ3v) is 7.49. The molecule has 0 aromatic heterocycles. The van der Waals surface area contributed by atoms with Crippen molar-refractivity contribution in [3.63, 3.8) is 0 Å². The average molecular weight is 409 g/mol. The second kappa shape index (κ2) is 7.79. The molecule has 1 amide bonds. The van der Waals surface area contributed by atoms with Gasteiger partial charge in [-0.25, -0.2) is 21.6 Å².